The van der Waals surface area contributed by atoms with Crippen LogP contribution in [-0.4, -0.2) is 66.3 Å². The number of nitrogens with one attached hydrogen (secondary N) is 1. The quantitative estimate of drug-likeness (QED) is 0.794. The van der Waals surface area contributed by atoms with Crippen LogP contribution in [0, 0.1) is 5.82 Å². The summed E-state index contributed by atoms with van der Waals surface area (Å²) in [6, 6.07) is 5.49. The van der Waals surface area contributed by atoms with Crippen LogP contribution in [0.5, 0.6) is 11.8 Å². The molecule has 2 aliphatic heterocycles. The highest BCUT2D eigenvalue weighted by Gasteiger charge is 2.21. The molecule has 3 aliphatic rings. The van der Waals surface area contributed by atoms with Gasteiger partial charge in [-0.1, -0.05) is 17.7 Å². The molecule has 0 unspecified atom stereocenters. The third kappa shape index (κ3) is 4.20. The summed E-state index contributed by atoms with van der Waals surface area (Å²) in [5, 5.41) is 3.14. The van der Waals surface area contributed by atoms with Crippen molar-refractivity contribution in [2.24, 2.45) is 9.98 Å². The fraction of sp³-hybridized carbons (Fsp3) is 0.391. The van der Waals surface area contributed by atoms with Crippen molar-refractivity contribution in [2.75, 3.05) is 50.0 Å². The highest BCUT2D eigenvalue weighted by atomic mass is 19.1. The number of halogens is 1. The second kappa shape index (κ2) is 8.31. The Morgan fingerprint density at radius 3 is 2.66 bits per heavy atom. The van der Waals surface area contributed by atoms with E-state index in [4.69, 9.17) is 4.74 Å². The molecule has 1 aromatic carbocycles. The number of likely N-dealkylation sites (N-methyl/N-ethyl adjacent to an activating group) is 1. The van der Waals surface area contributed by atoms with Gasteiger partial charge in [-0.3, -0.25) is 0 Å². The number of hydrogen-bond donors (Lipinski definition) is 1. The molecule has 0 saturated carbocycles. The van der Waals surface area contributed by atoms with Gasteiger partial charge in [0.1, 0.15) is 11.6 Å². The van der Waals surface area contributed by atoms with Gasteiger partial charge >= 0.3 is 6.01 Å². The molecule has 5 rings (SSSR count). The Kier molecular flexibility index (Phi) is 5.34. The summed E-state index contributed by atoms with van der Waals surface area (Å²) >= 11 is 0. The highest BCUT2D eigenvalue weighted by molar-refractivity contribution is 6.07. The minimum Gasteiger partial charge on any atom is -0.421 e. The molecule has 0 spiro atoms. The van der Waals surface area contributed by atoms with Crippen LogP contribution in [0.1, 0.15) is 25.0 Å². The van der Waals surface area contributed by atoms with Crippen LogP contribution in [0.25, 0.3) is 6.08 Å². The lowest BCUT2D eigenvalue weighted by atomic mass is 10.1. The van der Waals surface area contributed by atoms with Gasteiger partial charge < -0.3 is 19.9 Å². The van der Waals surface area contributed by atoms with E-state index in [1.54, 1.807) is 6.07 Å². The fourth-order valence-electron chi connectivity index (χ4n) is 4.04. The van der Waals surface area contributed by atoms with Gasteiger partial charge in [0.15, 0.2) is 11.6 Å². The molecule has 0 bridgehead atoms. The Morgan fingerprint density at radius 1 is 1.09 bits per heavy atom. The lowest BCUT2D eigenvalue weighted by Crippen LogP contribution is -2.44. The predicted molar refractivity (Wildman–Crippen MR) is 125 cm³/mol. The van der Waals surface area contributed by atoms with Gasteiger partial charge in [-0.05, 0) is 38.9 Å². The van der Waals surface area contributed by atoms with Gasteiger partial charge in [0.2, 0.25) is 5.96 Å². The average molecular weight is 436 g/mol. The number of nitrogens with zero attached hydrogens (tertiary/aromatic N) is 6. The molecule has 1 saturated heterocycles. The van der Waals surface area contributed by atoms with Crippen molar-refractivity contribution in [1.82, 2.24) is 14.9 Å². The molecule has 32 heavy (non-hydrogen) atoms. The van der Waals surface area contributed by atoms with Gasteiger partial charge in [-0.25, -0.2) is 14.4 Å². The minimum atomic E-state index is -0.386. The van der Waals surface area contributed by atoms with Crippen molar-refractivity contribution in [3.63, 3.8) is 0 Å². The van der Waals surface area contributed by atoms with E-state index in [0.29, 0.717) is 23.9 Å². The maximum absolute atomic E-state index is 15.1. The topological polar surface area (TPSA) is 78.2 Å². The van der Waals surface area contributed by atoms with Crippen molar-refractivity contribution in [3.8, 4) is 11.8 Å². The number of aliphatic imine (C=N–C) groups is 2. The molecule has 8 nitrogen and oxygen atoms in total. The Balaban J connectivity index is 1.46. The van der Waals surface area contributed by atoms with Crippen molar-refractivity contribution in [1.29, 1.82) is 0 Å². The van der Waals surface area contributed by atoms with E-state index in [-0.39, 0.29) is 17.6 Å². The first-order chi connectivity index (χ1) is 15.4. The van der Waals surface area contributed by atoms with E-state index >= 15 is 4.39 Å². The molecule has 0 amide bonds. The molecule has 1 N–H and O–H groups in total. The smallest absolute Gasteiger partial charge is 0.326 e. The molecular formula is C23H26FN7O. The molecule has 1 fully saturated rings. The van der Waals surface area contributed by atoms with Gasteiger partial charge in [0, 0.05) is 43.5 Å². The third-order valence-electron chi connectivity index (χ3n) is 5.81. The maximum atomic E-state index is 15.1. The Labute approximate surface area is 186 Å². The van der Waals surface area contributed by atoms with Crippen LogP contribution in [0.4, 0.5) is 16.0 Å². The van der Waals surface area contributed by atoms with E-state index in [2.05, 4.69) is 42.1 Å². The summed E-state index contributed by atoms with van der Waals surface area (Å²) in [6.07, 6.45) is 2.63. The first-order valence-electron chi connectivity index (χ1n) is 10.8. The van der Waals surface area contributed by atoms with E-state index in [1.807, 2.05) is 32.1 Å². The second-order valence-corrected chi connectivity index (χ2v) is 8.52. The number of piperazine rings is 1. The van der Waals surface area contributed by atoms with Crippen molar-refractivity contribution < 1.29 is 9.13 Å². The number of allylic oxidation sites excluding steroid dienone is 1. The summed E-state index contributed by atoms with van der Waals surface area (Å²) in [6.45, 7) is 8.03. The molecular weight excluding hydrogens is 409 g/mol. The summed E-state index contributed by atoms with van der Waals surface area (Å²) in [4.78, 5) is 22.2. The molecule has 9 heteroatoms. The predicted octanol–water partition coefficient (Wildman–Crippen LogP) is 3.36. The van der Waals surface area contributed by atoms with Crippen molar-refractivity contribution >= 4 is 29.4 Å². The van der Waals surface area contributed by atoms with Crippen molar-refractivity contribution in [3.05, 3.63) is 40.7 Å². The molecule has 2 aromatic rings. The van der Waals surface area contributed by atoms with E-state index in [1.165, 1.54) is 0 Å². The number of anilines is 2. The summed E-state index contributed by atoms with van der Waals surface area (Å²) in [5.41, 5.74) is 3.61. The van der Waals surface area contributed by atoms with Crippen LogP contribution < -0.4 is 15.0 Å². The SMILES string of the molecule is CC1=Cc2c(ccc(Oc3nc(NC4=NCC(C)=N4)cc(N4CCN(C)CC4)n3)c2F)C1. The number of ether oxygens (including phenoxy) is 1. The largest absolute Gasteiger partial charge is 0.421 e. The molecule has 1 aliphatic carbocycles. The number of hydrogen-bond acceptors (Lipinski definition) is 8. The summed E-state index contributed by atoms with van der Waals surface area (Å²) in [5.74, 6) is 1.47. The lowest BCUT2D eigenvalue weighted by molar-refractivity contribution is 0.311. The van der Waals surface area contributed by atoms with Crippen LogP contribution in [-0.2, 0) is 6.42 Å². The maximum Gasteiger partial charge on any atom is 0.326 e. The molecule has 3 heterocycles. The fourth-order valence-corrected chi connectivity index (χ4v) is 4.04. The minimum absolute atomic E-state index is 0.0841. The third-order valence-corrected chi connectivity index (χ3v) is 5.81. The number of guanidine groups is 1. The van der Waals surface area contributed by atoms with Gasteiger partial charge in [-0.15, -0.1) is 0 Å². The monoisotopic (exact) mass is 435 g/mol. The van der Waals surface area contributed by atoms with Crippen LogP contribution in [0.2, 0.25) is 0 Å². The molecule has 1 aromatic heterocycles. The van der Waals surface area contributed by atoms with E-state index < -0.39 is 0 Å². The molecule has 0 atom stereocenters. The van der Waals surface area contributed by atoms with Crippen LogP contribution in [0.15, 0.2) is 33.8 Å². The van der Waals surface area contributed by atoms with Crippen LogP contribution >= 0.6 is 0 Å². The average Bonchev–Trinajstić information content (AvgIpc) is 3.35. The number of rotatable bonds is 4. The van der Waals surface area contributed by atoms with E-state index in [9.17, 15) is 0 Å². The van der Waals surface area contributed by atoms with Gasteiger partial charge in [0.05, 0.1) is 6.54 Å². The number of aromatic nitrogens is 2. The molecule has 0 radical (unpaired) electrons. The van der Waals surface area contributed by atoms with Crippen molar-refractivity contribution in [2.45, 2.75) is 20.3 Å². The zero-order chi connectivity index (χ0) is 22.2. The Bertz CT molecular complexity index is 1150. The Hall–Kier alpha value is -3.33. The zero-order valence-corrected chi connectivity index (χ0v) is 18.5. The van der Waals surface area contributed by atoms with E-state index in [0.717, 1.165) is 55.3 Å². The summed E-state index contributed by atoms with van der Waals surface area (Å²) < 4.78 is 21.0. The zero-order valence-electron chi connectivity index (χ0n) is 18.5. The first-order valence-corrected chi connectivity index (χ1v) is 10.8. The number of fused-ring (bicyclic) bond motifs is 1. The first kappa shape index (κ1) is 20.6. The molecule has 166 valence electrons. The lowest BCUT2D eigenvalue weighted by Gasteiger charge is -2.33. The normalized spacial score (nSPS) is 18.2. The van der Waals surface area contributed by atoms with Crippen LogP contribution in [0.3, 0.4) is 0 Å². The number of benzene rings is 1. The summed E-state index contributed by atoms with van der Waals surface area (Å²) in [7, 11) is 2.10. The highest BCUT2D eigenvalue weighted by Crippen LogP contribution is 2.34. The van der Waals surface area contributed by atoms with Gasteiger partial charge in [-0.2, -0.15) is 9.97 Å². The van der Waals surface area contributed by atoms with Gasteiger partial charge in [0.25, 0.3) is 0 Å². The second-order valence-electron chi connectivity index (χ2n) is 8.52. The Morgan fingerprint density at radius 2 is 1.91 bits per heavy atom. The standard InChI is InChI=1S/C23H26FN7O/c1-14-10-16-4-5-18(21(24)17(16)11-14)32-23-28-19(27-22-25-13-15(2)26-22)12-20(29-23)31-8-6-30(3)7-9-31/h4-5,11-12H,6-10,13H2,1-3H3,(H,25,27,28,29).